The van der Waals surface area contributed by atoms with Crippen LogP contribution in [-0.2, 0) is 23.7 Å². The lowest BCUT2D eigenvalue weighted by Gasteiger charge is -2.38. The number of allylic oxidation sites excluding steroid dienone is 1. The molecule has 0 unspecified atom stereocenters. The molecule has 0 radical (unpaired) electrons. The van der Waals surface area contributed by atoms with Crippen molar-refractivity contribution in [1.82, 2.24) is 4.90 Å². The fraction of sp³-hybridized carbons (Fsp3) is 0.600. The monoisotopic (exact) mass is 543 g/mol. The first kappa shape index (κ1) is 29.3. The summed E-state index contributed by atoms with van der Waals surface area (Å²) in [6.45, 7) is 3.63. The van der Waals surface area contributed by atoms with Gasteiger partial charge in [0.1, 0.15) is 5.58 Å². The summed E-state index contributed by atoms with van der Waals surface area (Å²) in [6, 6.07) is 7.32. The van der Waals surface area contributed by atoms with E-state index < -0.39 is 12.2 Å². The normalized spacial score (nSPS) is 21.9. The zero-order valence-corrected chi connectivity index (χ0v) is 23.0. The van der Waals surface area contributed by atoms with E-state index in [9.17, 15) is 9.59 Å². The molecule has 0 bridgehead atoms. The molecule has 1 aromatic heterocycles. The molecule has 1 aromatic carbocycles. The molecule has 1 amide bonds. The van der Waals surface area contributed by atoms with Gasteiger partial charge in [-0.15, -0.1) is 0 Å². The van der Waals surface area contributed by atoms with Crippen molar-refractivity contribution in [2.75, 3.05) is 46.7 Å². The van der Waals surface area contributed by atoms with Gasteiger partial charge in [0.25, 0.3) is 5.91 Å². The maximum absolute atomic E-state index is 13.6. The highest BCUT2D eigenvalue weighted by atomic mass is 16.7. The number of fused-ring (bicyclic) bond motifs is 1. The van der Waals surface area contributed by atoms with Crippen molar-refractivity contribution >= 4 is 16.9 Å². The van der Waals surface area contributed by atoms with E-state index in [1.54, 1.807) is 23.1 Å². The van der Waals surface area contributed by atoms with Gasteiger partial charge in [0, 0.05) is 43.7 Å². The highest BCUT2D eigenvalue weighted by Gasteiger charge is 2.40. The van der Waals surface area contributed by atoms with Gasteiger partial charge in [0.2, 0.25) is 6.29 Å². The summed E-state index contributed by atoms with van der Waals surface area (Å²) in [5.74, 6) is -0.751. The van der Waals surface area contributed by atoms with Gasteiger partial charge < -0.3 is 33.4 Å². The van der Waals surface area contributed by atoms with Crippen LogP contribution in [0, 0.1) is 5.92 Å². The van der Waals surface area contributed by atoms with Crippen LogP contribution in [0.2, 0.25) is 0 Å². The summed E-state index contributed by atoms with van der Waals surface area (Å²) in [7, 11) is 1.83. The average molecular weight is 544 g/mol. The number of benzene rings is 1. The smallest absolute Gasteiger partial charge is 0.288 e. The predicted molar refractivity (Wildman–Crippen MR) is 146 cm³/mol. The minimum absolute atomic E-state index is 0.0329. The van der Waals surface area contributed by atoms with Crippen molar-refractivity contribution in [3.8, 4) is 0 Å². The quantitative estimate of drug-likeness (QED) is 0.378. The third kappa shape index (κ3) is 7.28. The second-order valence-electron chi connectivity index (χ2n) is 10.1. The minimum atomic E-state index is -0.733. The first-order valence-corrected chi connectivity index (χ1v) is 14.1. The molecule has 2 aromatic rings. The zero-order valence-electron chi connectivity index (χ0n) is 23.0. The number of amides is 1. The molecule has 1 N–H and O–H groups in total. The van der Waals surface area contributed by atoms with Crippen molar-refractivity contribution in [3.05, 3.63) is 58.2 Å². The summed E-state index contributed by atoms with van der Waals surface area (Å²) >= 11 is 0. The van der Waals surface area contributed by atoms with Crippen LogP contribution in [0.25, 0.3) is 11.0 Å². The number of para-hydroxylation sites is 1. The zero-order chi connectivity index (χ0) is 27.6. The Bertz CT molecular complexity index is 1160. The largest absolute Gasteiger partial charge is 0.464 e. The fourth-order valence-electron chi connectivity index (χ4n) is 5.52. The standard InChI is InChI=1S/C30H41NO8/c1-3-37-30-22(13-15-35-17-18-36-16-14-32)24(25-20-38-26-12-8-7-11-23(26)28(25)33)19-27(39-30)29(34)31(2)21-9-5-4-6-10-21/h7-8,11-12,19-22,24,30,32H,3-6,9-10,13-18H2,1-2H3/t22-,24+,30-/m0/s1. The number of ether oxygens (including phenoxy) is 4. The van der Waals surface area contributed by atoms with Gasteiger partial charge in [-0.25, -0.2) is 0 Å². The first-order valence-electron chi connectivity index (χ1n) is 14.1. The van der Waals surface area contributed by atoms with Gasteiger partial charge >= 0.3 is 0 Å². The van der Waals surface area contributed by atoms with E-state index in [0.717, 1.165) is 25.7 Å². The molecule has 0 saturated heterocycles. The van der Waals surface area contributed by atoms with E-state index in [0.29, 0.717) is 49.4 Å². The lowest BCUT2D eigenvalue weighted by molar-refractivity contribution is -0.172. The van der Waals surface area contributed by atoms with Gasteiger partial charge in [0.05, 0.1) is 38.1 Å². The second kappa shape index (κ2) is 14.6. The van der Waals surface area contributed by atoms with E-state index in [1.165, 1.54) is 12.7 Å². The predicted octanol–water partition coefficient (Wildman–Crippen LogP) is 3.98. The molecule has 0 spiro atoms. The van der Waals surface area contributed by atoms with E-state index >= 15 is 0 Å². The molecule has 9 heteroatoms. The van der Waals surface area contributed by atoms with Gasteiger partial charge in [-0.2, -0.15) is 0 Å². The van der Waals surface area contributed by atoms with Crippen molar-refractivity contribution in [3.63, 3.8) is 0 Å². The Morgan fingerprint density at radius 2 is 1.82 bits per heavy atom. The van der Waals surface area contributed by atoms with Crippen molar-refractivity contribution in [2.24, 2.45) is 5.92 Å². The molecule has 1 aliphatic heterocycles. The van der Waals surface area contributed by atoms with E-state index in [1.807, 2.05) is 26.1 Å². The van der Waals surface area contributed by atoms with Crippen molar-refractivity contribution < 1.29 is 33.3 Å². The molecule has 2 heterocycles. The number of likely N-dealkylation sites (N-methyl/N-ethyl adjacent to an activating group) is 1. The number of rotatable bonds is 13. The van der Waals surface area contributed by atoms with Gasteiger partial charge in [0.15, 0.2) is 11.2 Å². The summed E-state index contributed by atoms with van der Waals surface area (Å²) in [5, 5.41) is 9.35. The molecule has 9 nitrogen and oxygen atoms in total. The summed E-state index contributed by atoms with van der Waals surface area (Å²) in [6.07, 6.45) is 8.43. The van der Waals surface area contributed by atoms with Gasteiger partial charge in [-0.1, -0.05) is 31.4 Å². The van der Waals surface area contributed by atoms with E-state index in [4.69, 9.17) is 28.5 Å². The average Bonchev–Trinajstić information content (AvgIpc) is 2.97. The Hall–Kier alpha value is -2.72. The van der Waals surface area contributed by atoms with Crippen molar-refractivity contribution in [2.45, 2.75) is 63.7 Å². The molecule has 39 heavy (non-hydrogen) atoms. The van der Waals surface area contributed by atoms with Gasteiger partial charge in [-0.05, 0) is 44.4 Å². The Morgan fingerprint density at radius 1 is 1.08 bits per heavy atom. The van der Waals surface area contributed by atoms with Crippen LogP contribution in [0.15, 0.2) is 51.6 Å². The summed E-state index contributed by atoms with van der Waals surface area (Å²) in [5.41, 5.74) is 0.842. The van der Waals surface area contributed by atoms with Crippen molar-refractivity contribution in [1.29, 1.82) is 0 Å². The van der Waals surface area contributed by atoms with Crippen LogP contribution in [-0.4, -0.2) is 74.9 Å². The lowest BCUT2D eigenvalue weighted by atomic mass is 9.81. The summed E-state index contributed by atoms with van der Waals surface area (Å²) < 4.78 is 29.1. The number of aliphatic hydroxyl groups is 1. The number of carbonyl (C=O) groups is 1. The van der Waals surface area contributed by atoms with E-state index in [2.05, 4.69) is 0 Å². The van der Waals surface area contributed by atoms with Crippen LogP contribution >= 0.6 is 0 Å². The minimum Gasteiger partial charge on any atom is -0.464 e. The number of carbonyl (C=O) groups excluding carboxylic acids is 1. The number of aliphatic hydroxyl groups excluding tert-OH is 1. The first-order chi connectivity index (χ1) is 19.0. The molecule has 4 rings (SSSR count). The molecule has 3 atom stereocenters. The molecule has 1 aliphatic carbocycles. The number of hydrogen-bond acceptors (Lipinski definition) is 8. The number of hydrogen-bond donors (Lipinski definition) is 1. The topological polar surface area (TPSA) is 108 Å². The third-order valence-corrected chi connectivity index (χ3v) is 7.64. The van der Waals surface area contributed by atoms with Crippen LogP contribution in [0.3, 0.4) is 0 Å². The maximum atomic E-state index is 13.6. The van der Waals surface area contributed by atoms with Gasteiger partial charge in [-0.3, -0.25) is 9.59 Å². The third-order valence-electron chi connectivity index (χ3n) is 7.64. The SMILES string of the molecule is CCO[C@H]1OC(C(=O)N(C)C2CCCCC2)=C[C@@H](c2coc3ccccc3c2=O)[C@@H]1CCOCCOCCO. The summed E-state index contributed by atoms with van der Waals surface area (Å²) in [4.78, 5) is 29.1. The second-order valence-corrected chi connectivity index (χ2v) is 10.1. The highest BCUT2D eigenvalue weighted by Crippen LogP contribution is 2.39. The molecule has 1 fully saturated rings. The van der Waals surface area contributed by atoms with Crippen LogP contribution < -0.4 is 5.43 Å². The Balaban J connectivity index is 1.63. The molecule has 214 valence electrons. The number of nitrogens with zero attached hydrogens (tertiary/aromatic N) is 1. The highest BCUT2D eigenvalue weighted by molar-refractivity contribution is 5.92. The molecule has 1 saturated carbocycles. The Labute approximate surface area is 229 Å². The van der Waals surface area contributed by atoms with Crippen LogP contribution in [0.4, 0.5) is 0 Å². The van der Waals surface area contributed by atoms with Crippen LogP contribution in [0.5, 0.6) is 0 Å². The molecular formula is C30H41NO8. The Kier molecular flexibility index (Phi) is 11.0. The maximum Gasteiger partial charge on any atom is 0.288 e. The van der Waals surface area contributed by atoms with E-state index in [-0.39, 0.29) is 42.3 Å². The molecular weight excluding hydrogens is 502 g/mol. The Morgan fingerprint density at radius 3 is 2.56 bits per heavy atom. The van der Waals surface area contributed by atoms with Crippen LogP contribution in [0.1, 0.15) is 56.9 Å². The fourth-order valence-corrected chi connectivity index (χ4v) is 5.52. The molecule has 2 aliphatic rings. The lowest BCUT2D eigenvalue weighted by Crippen LogP contribution is -2.44.